The molecule has 4 heterocycles. The van der Waals surface area contributed by atoms with Crippen LogP contribution in [0, 0.1) is 0 Å². The number of amides is 2. The minimum absolute atomic E-state index is 0.0935. The van der Waals surface area contributed by atoms with Gasteiger partial charge in [-0.05, 0) is 30.2 Å². The molecule has 0 aromatic heterocycles. The van der Waals surface area contributed by atoms with Gasteiger partial charge in [-0.1, -0.05) is 36.4 Å². The van der Waals surface area contributed by atoms with Crippen molar-refractivity contribution in [2.45, 2.75) is 6.42 Å². The van der Waals surface area contributed by atoms with Crippen molar-refractivity contribution >= 4 is 17.5 Å². The van der Waals surface area contributed by atoms with Gasteiger partial charge in [0.2, 0.25) is 5.91 Å². The molecule has 2 amide bonds. The second-order valence-corrected chi connectivity index (χ2v) is 9.64. The zero-order chi connectivity index (χ0) is 25.5. The molecule has 0 unspecified atom stereocenters. The topological polar surface area (TPSA) is 83.7 Å². The molecule has 0 N–H and O–H groups in total. The fraction of sp³-hybridized carbons (Fsp3) is 0.286. The molecular formula is C28H28N6O3. The molecule has 1 fully saturated rings. The number of aryl methyl sites for hydroxylation is 1. The fourth-order valence-electron chi connectivity index (χ4n) is 5.29. The first-order chi connectivity index (χ1) is 18.0. The predicted molar refractivity (Wildman–Crippen MR) is 140 cm³/mol. The Labute approximate surface area is 214 Å². The zero-order valence-electron chi connectivity index (χ0n) is 20.7. The average Bonchev–Trinajstić information content (AvgIpc) is 3.50. The van der Waals surface area contributed by atoms with E-state index in [2.05, 4.69) is 16.1 Å². The molecule has 9 nitrogen and oxygen atoms in total. The zero-order valence-corrected chi connectivity index (χ0v) is 20.7. The number of nitrogens with zero attached hydrogens (tertiary/aromatic N) is 6. The van der Waals surface area contributed by atoms with Gasteiger partial charge in [-0.25, -0.2) is 0 Å². The van der Waals surface area contributed by atoms with Crippen LogP contribution < -0.4 is 10.5 Å². The molecule has 6 rings (SSSR count). The summed E-state index contributed by atoms with van der Waals surface area (Å²) in [6.45, 7) is 3.29. The van der Waals surface area contributed by atoms with Crippen LogP contribution in [-0.2, 0) is 18.3 Å². The smallest absolute Gasteiger partial charge is 0.282 e. The number of benzene rings is 2. The fourth-order valence-corrected chi connectivity index (χ4v) is 5.29. The molecule has 0 bridgehead atoms. The third kappa shape index (κ3) is 4.21. The second kappa shape index (κ2) is 9.33. The van der Waals surface area contributed by atoms with Crippen LogP contribution in [0.15, 0.2) is 71.8 Å². The second-order valence-electron chi connectivity index (χ2n) is 9.64. The number of hydrogen-bond donors (Lipinski definition) is 0. The highest BCUT2D eigenvalue weighted by molar-refractivity contribution is 6.00. The number of hydrogen-bond acceptors (Lipinski definition) is 5. The lowest BCUT2D eigenvalue weighted by atomic mass is 10.1. The lowest BCUT2D eigenvalue weighted by molar-refractivity contribution is -0.120. The molecule has 0 saturated carbocycles. The third-order valence-corrected chi connectivity index (χ3v) is 7.24. The van der Waals surface area contributed by atoms with Crippen molar-refractivity contribution in [3.63, 3.8) is 0 Å². The summed E-state index contributed by atoms with van der Waals surface area (Å²) in [7, 11) is 1.80. The van der Waals surface area contributed by atoms with Crippen LogP contribution >= 0.6 is 0 Å². The van der Waals surface area contributed by atoms with Gasteiger partial charge in [0.15, 0.2) is 0 Å². The lowest BCUT2D eigenvalue weighted by Crippen LogP contribution is -2.51. The van der Waals surface area contributed by atoms with Gasteiger partial charge in [0.1, 0.15) is 5.69 Å². The van der Waals surface area contributed by atoms with Crippen molar-refractivity contribution in [3.8, 4) is 16.9 Å². The molecule has 1 saturated heterocycles. The van der Waals surface area contributed by atoms with E-state index in [1.165, 1.54) is 10.2 Å². The van der Waals surface area contributed by atoms with Crippen molar-refractivity contribution in [1.29, 1.82) is 0 Å². The number of fused-ring (bicyclic) bond motifs is 2. The Morgan fingerprint density at radius 3 is 2.41 bits per heavy atom. The number of carbonyl (C=O) groups excluding carboxylic acids is 2. The molecule has 0 atom stereocenters. The first-order valence-corrected chi connectivity index (χ1v) is 12.5. The Bertz CT molecular complexity index is 1500. The monoisotopic (exact) mass is 496 g/mol. The van der Waals surface area contributed by atoms with Gasteiger partial charge in [0, 0.05) is 57.9 Å². The molecule has 9 heteroatoms. The maximum atomic E-state index is 13.6. The van der Waals surface area contributed by atoms with E-state index in [-0.39, 0.29) is 17.4 Å². The van der Waals surface area contributed by atoms with Crippen LogP contribution in [0.4, 0.5) is 5.69 Å². The van der Waals surface area contributed by atoms with Crippen LogP contribution in [-0.4, -0.2) is 75.2 Å². The van der Waals surface area contributed by atoms with Crippen LogP contribution in [0.1, 0.15) is 15.9 Å². The van der Waals surface area contributed by atoms with Crippen LogP contribution in [0.3, 0.4) is 0 Å². The van der Waals surface area contributed by atoms with E-state index in [0.717, 1.165) is 18.7 Å². The summed E-state index contributed by atoms with van der Waals surface area (Å²) in [6.07, 6.45) is 4.33. The number of anilines is 1. The number of rotatable bonds is 4. The van der Waals surface area contributed by atoms with Gasteiger partial charge < -0.3 is 14.4 Å². The highest BCUT2D eigenvalue weighted by atomic mass is 16.2. The molecule has 0 aliphatic carbocycles. The molecular weight excluding hydrogens is 468 g/mol. The first kappa shape index (κ1) is 23.2. The minimum Gasteiger partial charge on any atom is -0.356 e. The minimum atomic E-state index is -0.252. The van der Waals surface area contributed by atoms with Crippen molar-refractivity contribution in [2.75, 3.05) is 44.2 Å². The maximum Gasteiger partial charge on any atom is 0.282 e. The van der Waals surface area contributed by atoms with Gasteiger partial charge >= 0.3 is 0 Å². The predicted octanol–water partition coefficient (Wildman–Crippen LogP) is 2.02. The van der Waals surface area contributed by atoms with Gasteiger partial charge in [0.05, 0.1) is 23.4 Å². The Kier molecular flexibility index (Phi) is 5.84. The van der Waals surface area contributed by atoms with Crippen molar-refractivity contribution in [3.05, 3.63) is 88.5 Å². The number of piperazine rings is 1. The van der Waals surface area contributed by atoms with E-state index < -0.39 is 0 Å². The molecule has 4 aliphatic rings. The number of para-hydroxylation sites is 2. The third-order valence-electron chi connectivity index (χ3n) is 7.24. The summed E-state index contributed by atoms with van der Waals surface area (Å²) < 4.78 is 3.08. The molecule has 0 radical (unpaired) electrons. The number of pyridine rings is 1. The van der Waals surface area contributed by atoms with Gasteiger partial charge in [-0.3, -0.25) is 19.3 Å². The van der Waals surface area contributed by atoms with E-state index >= 15 is 0 Å². The summed E-state index contributed by atoms with van der Waals surface area (Å²) in [6, 6.07) is 17.3. The number of aromatic nitrogens is 3. The summed E-state index contributed by atoms with van der Waals surface area (Å²) in [5.74, 6) is -0.0608. The molecule has 37 heavy (non-hydrogen) atoms. The van der Waals surface area contributed by atoms with E-state index in [0.29, 0.717) is 55.2 Å². The van der Waals surface area contributed by atoms with Crippen LogP contribution in [0.25, 0.3) is 16.9 Å². The van der Waals surface area contributed by atoms with Crippen molar-refractivity contribution in [2.24, 2.45) is 7.05 Å². The largest absolute Gasteiger partial charge is 0.356 e. The SMILES string of the molecule is Cn1cc(C(=O)N2CCN(CC(=O)N3CCc4ccccc43)CC2)c2nn(-c3ccccc3)c(=O)c-2c1. The van der Waals surface area contributed by atoms with Gasteiger partial charge in [0.25, 0.3) is 11.5 Å². The Morgan fingerprint density at radius 1 is 0.892 bits per heavy atom. The first-order valence-electron chi connectivity index (χ1n) is 12.5. The summed E-state index contributed by atoms with van der Waals surface area (Å²) in [5.41, 5.74) is 3.85. The highest BCUT2D eigenvalue weighted by Gasteiger charge is 2.31. The molecule has 188 valence electrons. The summed E-state index contributed by atoms with van der Waals surface area (Å²) in [5, 5.41) is 4.54. The standard InChI is InChI=1S/C28H28N6O3/c1-30-17-22(26-23(18-30)28(37)34(29-26)21-8-3-2-4-9-21)27(36)32-15-13-31(14-16-32)19-25(35)33-12-11-20-7-5-6-10-24(20)33/h2-10,17-18H,11-16,19H2,1H3. The lowest BCUT2D eigenvalue weighted by Gasteiger charge is -2.35. The van der Waals surface area contributed by atoms with E-state index in [1.807, 2.05) is 53.4 Å². The maximum absolute atomic E-state index is 13.6. The Balaban J connectivity index is 1.16. The number of carbonyl (C=O) groups is 2. The summed E-state index contributed by atoms with van der Waals surface area (Å²) >= 11 is 0. The van der Waals surface area contributed by atoms with Gasteiger partial charge in [-0.15, -0.1) is 0 Å². The van der Waals surface area contributed by atoms with Crippen molar-refractivity contribution < 1.29 is 9.59 Å². The van der Waals surface area contributed by atoms with Crippen LogP contribution in [0.5, 0.6) is 0 Å². The highest BCUT2D eigenvalue weighted by Crippen LogP contribution is 2.28. The Morgan fingerprint density at radius 2 is 1.62 bits per heavy atom. The van der Waals surface area contributed by atoms with Gasteiger partial charge in [-0.2, -0.15) is 9.78 Å². The normalized spacial score (nSPS) is 15.8. The molecule has 2 aromatic carbocycles. The van der Waals surface area contributed by atoms with E-state index in [4.69, 9.17) is 0 Å². The molecule has 4 aliphatic heterocycles. The van der Waals surface area contributed by atoms with Crippen LogP contribution in [0.2, 0.25) is 0 Å². The summed E-state index contributed by atoms with van der Waals surface area (Å²) in [4.78, 5) is 45.4. The van der Waals surface area contributed by atoms with E-state index in [1.54, 1.807) is 28.9 Å². The average molecular weight is 497 g/mol. The molecule has 2 aromatic rings. The quantitative estimate of drug-likeness (QED) is 0.432. The molecule has 0 spiro atoms. The Hall–Kier alpha value is -4.24. The van der Waals surface area contributed by atoms with Crippen molar-refractivity contribution in [1.82, 2.24) is 24.1 Å². The van der Waals surface area contributed by atoms with E-state index in [9.17, 15) is 14.4 Å².